The third kappa shape index (κ3) is 15.3. The number of nitrogens with zero attached hydrogens (tertiary/aromatic N) is 1. The van der Waals surface area contributed by atoms with Crippen molar-refractivity contribution in [2.75, 3.05) is 32.9 Å². The Hall–Kier alpha value is -2.97. The molecule has 1 amide bonds. The lowest BCUT2D eigenvalue weighted by Crippen LogP contribution is -2.23. The summed E-state index contributed by atoms with van der Waals surface area (Å²) in [7, 11) is 0. The molecule has 0 spiro atoms. The first-order valence-corrected chi connectivity index (χ1v) is 13.7. The number of unbranched alkanes of at least 4 members (excludes halogenated alkanes) is 3. The average molecular weight is 547 g/mol. The van der Waals surface area contributed by atoms with Gasteiger partial charge in [0.2, 0.25) is 5.91 Å². The first-order valence-electron chi connectivity index (χ1n) is 13.7. The van der Waals surface area contributed by atoms with E-state index in [0.29, 0.717) is 31.4 Å². The molecule has 39 heavy (non-hydrogen) atoms. The zero-order valence-corrected chi connectivity index (χ0v) is 22.3. The van der Waals surface area contributed by atoms with Crippen LogP contribution in [0.2, 0.25) is 0 Å². The highest BCUT2D eigenvalue weighted by Gasteiger charge is 2.19. The number of aliphatic hydroxyl groups is 1. The Labute approximate surface area is 233 Å². The highest BCUT2D eigenvalue weighted by Crippen LogP contribution is 2.16. The summed E-state index contributed by atoms with van der Waals surface area (Å²) < 4.78 is 17.5. The van der Waals surface area contributed by atoms with Gasteiger partial charge in [-0.2, -0.15) is 0 Å². The fraction of sp³-hybridized carbons (Fsp3) is 0.548. The number of carbonyl (C=O) groups excluding carboxylic acids is 2. The Bertz CT molecular complexity index is 937. The van der Waals surface area contributed by atoms with Crippen molar-refractivity contribution < 1.29 is 28.9 Å². The fourth-order valence-electron chi connectivity index (χ4n) is 4.21. The van der Waals surface area contributed by atoms with Gasteiger partial charge in [-0.05, 0) is 93.5 Å². The van der Waals surface area contributed by atoms with Crippen LogP contribution in [0.4, 0.5) is 4.39 Å². The quantitative estimate of drug-likeness (QED) is 0.190. The van der Waals surface area contributed by atoms with E-state index in [0.717, 1.165) is 70.3 Å². The van der Waals surface area contributed by atoms with Crippen molar-refractivity contribution in [2.45, 2.75) is 77.7 Å². The summed E-state index contributed by atoms with van der Waals surface area (Å²) in [5.41, 5.74) is 6.93. The number of likely N-dealkylation sites (tertiary alicyclic amines) is 1. The van der Waals surface area contributed by atoms with Crippen LogP contribution in [0.25, 0.3) is 0 Å². The van der Waals surface area contributed by atoms with E-state index >= 15 is 0 Å². The molecule has 3 rings (SSSR count). The Morgan fingerprint density at radius 1 is 0.949 bits per heavy atom. The fourth-order valence-corrected chi connectivity index (χ4v) is 4.21. The maximum Gasteiger partial charge on any atom is 0.217 e. The molecule has 0 radical (unpaired) electrons. The second-order valence-electron chi connectivity index (χ2n) is 9.73. The smallest absolute Gasteiger partial charge is 0.217 e. The summed E-state index contributed by atoms with van der Waals surface area (Å²) in [6.45, 7) is 3.22. The van der Waals surface area contributed by atoms with Gasteiger partial charge < -0.3 is 25.6 Å². The van der Waals surface area contributed by atoms with Gasteiger partial charge in [0, 0.05) is 31.5 Å². The van der Waals surface area contributed by atoms with Gasteiger partial charge in [-0.25, -0.2) is 0 Å². The molecule has 1 heterocycles. The lowest BCUT2D eigenvalue weighted by molar-refractivity contribution is -0.118. The molecule has 0 bridgehead atoms. The number of aryl methyl sites for hydroxylation is 1. The molecule has 2 aromatic carbocycles. The lowest BCUT2D eigenvalue weighted by Gasteiger charge is -2.14. The van der Waals surface area contributed by atoms with Crippen molar-refractivity contribution in [1.82, 2.24) is 4.90 Å². The van der Waals surface area contributed by atoms with Gasteiger partial charge in [0.15, 0.2) is 5.78 Å². The standard InChI is InChI=1S/C17H26FNO2.C13H17NO3.CH4/c18-10-1-2-13-21-17-7-5-15(6-8-17)4-3-11-19-12-9-16(20)14-19;14-13(17)5-3-1-2-4-12(16)10-6-8-11(15)9-7-10;/h5-8,16,20H,1-4,9-14H2;6-9,15H,1-5H2,(H2,14,17);1H4/t16-;;/m0../s1. The third-order valence-corrected chi connectivity index (χ3v) is 6.42. The summed E-state index contributed by atoms with van der Waals surface area (Å²) >= 11 is 0. The number of hydrogen-bond donors (Lipinski definition) is 3. The van der Waals surface area contributed by atoms with Crippen LogP contribution in [0, 0.1) is 0 Å². The van der Waals surface area contributed by atoms with Crippen LogP contribution in [-0.2, 0) is 11.2 Å². The van der Waals surface area contributed by atoms with E-state index in [2.05, 4.69) is 17.0 Å². The number of amides is 1. The normalized spacial score (nSPS) is 14.7. The van der Waals surface area contributed by atoms with Gasteiger partial charge in [-0.1, -0.05) is 26.0 Å². The molecule has 1 saturated heterocycles. The number of ketones is 1. The van der Waals surface area contributed by atoms with Crippen LogP contribution in [-0.4, -0.2) is 65.8 Å². The molecular formula is C31H47FN2O5. The minimum absolute atomic E-state index is 0. The van der Waals surface area contributed by atoms with Crippen molar-refractivity contribution in [2.24, 2.45) is 5.73 Å². The van der Waals surface area contributed by atoms with E-state index in [1.807, 2.05) is 12.1 Å². The number of halogens is 1. The number of benzene rings is 2. The number of carbonyl (C=O) groups is 2. The highest BCUT2D eigenvalue weighted by atomic mass is 19.1. The molecule has 1 fully saturated rings. The second kappa shape index (κ2) is 20.0. The number of phenols is 1. The third-order valence-electron chi connectivity index (χ3n) is 6.42. The first-order chi connectivity index (χ1) is 18.4. The Kier molecular flexibility index (Phi) is 17.5. The molecule has 8 heteroatoms. The zero-order valence-electron chi connectivity index (χ0n) is 22.3. The van der Waals surface area contributed by atoms with Gasteiger partial charge in [-0.15, -0.1) is 0 Å². The minimum atomic E-state index is -0.296. The molecule has 0 unspecified atom stereocenters. The largest absolute Gasteiger partial charge is 0.508 e. The van der Waals surface area contributed by atoms with Crippen molar-refractivity contribution >= 4 is 11.7 Å². The predicted octanol–water partition coefficient (Wildman–Crippen LogP) is 5.46. The number of alkyl halides is 1. The van der Waals surface area contributed by atoms with Gasteiger partial charge in [0.25, 0.3) is 0 Å². The average Bonchev–Trinajstić information content (AvgIpc) is 3.32. The van der Waals surface area contributed by atoms with E-state index < -0.39 is 0 Å². The van der Waals surface area contributed by atoms with Gasteiger partial charge >= 0.3 is 0 Å². The topological polar surface area (TPSA) is 113 Å². The molecule has 0 saturated carbocycles. The molecule has 2 aromatic rings. The number of phenolic OH excluding ortho intramolecular Hbond substituents is 1. The number of nitrogens with two attached hydrogens (primary N) is 1. The summed E-state index contributed by atoms with van der Waals surface area (Å²) in [4.78, 5) is 24.5. The molecular weight excluding hydrogens is 499 g/mol. The molecule has 4 N–H and O–H groups in total. The molecule has 1 aliphatic rings. The minimum Gasteiger partial charge on any atom is -0.508 e. The number of rotatable bonds is 16. The van der Waals surface area contributed by atoms with E-state index in [9.17, 15) is 19.1 Å². The van der Waals surface area contributed by atoms with Crippen LogP contribution in [0.3, 0.4) is 0 Å². The van der Waals surface area contributed by atoms with E-state index in [4.69, 9.17) is 15.6 Å². The van der Waals surface area contributed by atoms with E-state index in [-0.39, 0.29) is 37.6 Å². The molecule has 218 valence electrons. The summed E-state index contributed by atoms with van der Waals surface area (Å²) in [6.07, 6.45) is 7.45. The van der Waals surface area contributed by atoms with Gasteiger partial charge in [0.05, 0.1) is 19.4 Å². The molecule has 7 nitrogen and oxygen atoms in total. The van der Waals surface area contributed by atoms with Crippen molar-refractivity contribution in [3.8, 4) is 11.5 Å². The summed E-state index contributed by atoms with van der Waals surface area (Å²) in [6, 6.07) is 14.4. The molecule has 1 aliphatic heterocycles. The maximum atomic E-state index is 12.0. The van der Waals surface area contributed by atoms with Crippen molar-refractivity contribution in [3.63, 3.8) is 0 Å². The van der Waals surface area contributed by atoms with Crippen molar-refractivity contribution in [3.05, 3.63) is 59.7 Å². The van der Waals surface area contributed by atoms with Crippen LogP contribution >= 0.6 is 0 Å². The van der Waals surface area contributed by atoms with Gasteiger partial charge in [-0.3, -0.25) is 14.0 Å². The highest BCUT2D eigenvalue weighted by molar-refractivity contribution is 5.96. The Morgan fingerprint density at radius 3 is 2.26 bits per heavy atom. The van der Waals surface area contributed by atoms with Crippen LogP contribution < -0.4 is 10.5 Å². The number of β-amino-alcohol motifs (C(OH)–C–C–N with tert-alkyl or cyclic N) is 1. The number of aliphatic hydroxyl groups excluding tert-OH is 1. The van der Waals surface area contributed by atoms with Gasteiger partial charge in [0.1, 0.15) is 11.5 Å². The lowest BCUT2D eigenvalue weighted by atomic mass is 10.0. The first kappa shape index (κ1) is 34.1. The number of primary amides is 1. The van der Waals surface area contributed by atoms with Crippen LogP contribution in [0.15, 0.2) is 48.5 Å². The van der Waals surface area contributed by atoms with E-state index in [1.54, 1.807) is 12.1 Å². The Morgan fingerprint density at radius 2 is 1.64 bits per heavy atom. The number of ether oxygens (including phenoxy) is 1. The van der Waals surface area contributed by atoms with Crippen LogP contribution in [0.5, 0.6) is 11.5 Å². The molecule has 0 aromatic heterocycles. The molecule has 0 aliphatic carbocycles. The zero-order chi connectivity index (χ0) is 27.6. The SMILES string of the molecule is C.NC(=O)CCCCCC(=O)c1ccc(O)cc1.O[C@H]1CCN(CCCc2ccc(OCCCCF)cc2)C1. The summed E-state index contributed by atoms with van der Waals surface area (Å²) in [5.74, 6) is 0.780. The van der Waals surface area contributed by atoms with Crippen molar-refractivity contribution in [1.29, 1.82) is 0 Å². The van der Waals surface area contributed by atoms with E-state index in [1.165, 1.54) is 17.7 Å². The Balaban J connectivity index is 0.000000389. The summed E-state index contributed by atoms with van der Waals surface area (Å²) in [5, 5.41) is 18.6. The number of hydrogen-bond acceptors (Lipinski definition) is 6. The monoisotopic (exact) mass is 546 g/mol. The predicted molar refractivity (Wildman–Crippen MR) is 154 cm³/mol. The molecule has 1 atom stereocenters. The number of Topliss-reactive ketones (excluding diaryl/α,β-unsaturated/α-hetero) is 1. The maximum absolute atomic E-state index is 12.0. The van der Waals surface area contributed by atoms with Crippen LogP contribution in [0.1, 0.15) is 81.1 Å². The number of aromatic hydroxyl groups is 1. The second-order valence-corrected chi connectivity index (χ2v) is 9.73.